The van der Waals surface area contributed by atoms with E-state index in [-0.39, 0.29) is 18.9 Å². The van der Waals surface area contributed by atoms with Gasteiger partial charge in [0.1, 0.15) is 5.75 Å². The van der Waals surface area contributed by atoms with Crippen molar-refractivity contribution in [1.29, 1.82) is 0 Å². The maximum Gasteiger partial charge on any atom is 0.310 e. The van der Waals surface area contributed by atoms with Crippen LogP contribution in [0.4, 0.5) is 0 Å². The van der Waals surface area contributed by atoms with Gasteiger partial charge in [-0.05, 0) is 41.8 Å². The van der Waals surface area contributed by atoms with Gasteiger partial charge >= 0.3 is 5.97 Å². The standard InChI is InChI=1S/C19H20ClNO4/c1-24-17-7-3-5-15(11-17)12-19(23)25-13-18(22)21-9-8-14-4-2-6-16(20)10-14/h2-7,10-11H,8-9,12-13H2,1H3,(H,21,22). The summed E-state index contributed by atoms with van der Waals surface area (Å²) in [6, 6.07) is 14.6. The Hall–Kier alpha value is -2.53. The molecule has 25 heavy (non-hydrogen) atoms. The summed E-state index contributed by atoms with van der Waals surface area (Å²) in [4.78, 5) is 23.5. The van der Waals surface area contributed by atoms with Crippen LogP contribution in [0.15, 0.2) is 48.5 Å². The Morgan fingerprint density at radius 2 is 1.84 bits per heavy atom. The molecule has 2 aromatic carbocycles. The van der Waals surface area contributed by atoms with Gasteiger partial charge in [-0.3, -0.25) is 9.59 Å². The highest BCUT2D eigenvalue weighted by Gasteiger charge is 2.09. The van der Waals surface area contributed by atoms with Gasteiger partial charge in [-0.2, -0.15) is 0 Å². The summed E-state index contributed by atoms with van der Waals surface area (Å²) in [7, 11) is 1.56. The fourth-order valence-electron chi connectivity index (χ4n) is 2.24. The van der Waals surface area contributed by atoms with Crippen LogP contribution in [0.3, 0.4) is 0 Å². The van der Waals surface area contributed by atoms with Crippen molar-refractivity contribution in [3.8, 4) is 5.75 Å². The number of ether oxygens (including phenoxy) is 2. The zero-order valence-corrected chi connectivity index (χ0v) is 14.7. The van der Waals surface area contributed by atoms with Gasteiger partial charge < -0.3 is 14.8 Å². The van der Waals surface area contributed by atoms with Crippen molar-refractivity contribution in [1.82, 2.24) is 5.32 Å². The minimum absolute atomic E-state index is 0.0903. The normalized spacial score (nSPS) is 10.2. The molecule has 0 aromatic heterocycles. The minimum Gasteiger partial charge on any atom is -0.497 e. The molecule has 0 aliphatic rings. The molecule has 0 heterocycles. The molecule has 1 N–H and O–H groups in total. The molecule has 0 aliphatic heterocycles. The van der Waals surface area contributed by atoms with Crippen LogP contribution in [0.25, 0.3) is 0 Å². The number of amides is 1. The van der Waals surface area contributed by atoms with Crippen LogP contribution in [-0.2, 0) is 27.2 Å². The fraction of sp³-hybridized carbons (Fsp3) is 0.263. The first-order chi connectivity index (χ1) is 12.1. The minimum atomic E-state index is -0.460. The number of carbonyl (C=O) groups excluding carboxylic acids is 2. The SMILES string of the molecule is COc1cccc(CC(=O)OCC(=O)NCCc2cccc(Cl)c2)c1. The summed E-state index contributed by atoms with van der Waals surface area (Å²) in [5.74, 6) is -0.122. The van der Waals surface area contributed by atoms with Gasteiger partial charge in [-0.1, -0.05) is 35.9 Å². The first-order valence-corrected chi connectivity index (χ1v) is 8.24. The van der Waals surface area contributed by atoms with Crippen LogP contribution in [0.5, 0.6) is 5.75 Å². The summed E-state index contributed by atoms with van der Waals surface area (Å²) in [5, 5.41) is 3.37. The maximum atomic E-state index is 11.8. The summed E-state index contributed by atoms with van der Waals surface area (Å²) < 4.78 is 10.1. The summed E-state index contributed by atoms with van der Waals surface area (Å²) >= 11 is 5.90. The molecule has 132 valence electrons. The Balaban J connectivity index is 1.67. The Bertz CT molecular complexity index is 733. The van der Waals surface area contributed by atoms with Gasteiger partial charge in [0, 0.05) is 11.6 Å². The lowest BCUT2D eigenvalue weighted by Gasteiger charge is -2.08. The number of hydrogen-bond acceptors (Lipinski definition) is 4. The number of benzene rings is 2. The van der Waals surface area contributed by atoms with E-state index in [0.717, 1.165) is 11.1 Å². The Morgan fingerprint density at radius 3 is 2.60 bits per heavy atom. The zero-order valence-electron chi connectivity index (χ0n) is 14.0. The summed E-state index contributed by atoms with van der Waals surface area (Å²) in [6.45, 7) is 0.158. The average molecular weight is 362 g/mol. The quantitative estimate of drug-likeness (QED) is 0.734. The van der Waals surface area contributed by atoms with Crippen molar-refractivity contribution in [2.75, 3.05) is 20.3 Å². The molecule has 0 saturated carbocycles. The largest absolute Gasteiger partial charge is 0.497 e. The van der Waals surface area contributed by atoms with E-state index < -0.39 is 5.97 Å². The van der Waals surface area contributed by atoms with E-state index in [9.17, 15) is 9.59 Å². The molecule has 6 heteroatoms. The zero-order chi connectivity index (χ0) is 18.1. The Kier molecular flexibility index (Phi) is 7.29. The molecule has 0 saturated heterocycles. The van der Waals surface area contributed by atoms with Crippen molar-refractivity contribution in [2.45, 2.75) is 12.8 Å². The third kappa shape index (κ3) is 6.85. The molecular formula is C19H20ClNO4. The van der Waals surface area contributed by atoms with Crippen molar-refractivity contribution in [2.24, 2.45) is 0 Å². The molecule has 1 amide bonds. The molecule has 0 atom stereocenters. The van der Waals surface area contributed by atoms with Gasteiger partial charge in [-0.15, -0.1) is 0 Å². The molecule has 2 rings (SSSR count). The van der Waals surface area contributed by atoms with Crippen molar-refractivity contribution in [3.63, 3.8) is 0 Å². The number of hydrogen-bond donors (Lipinski definition) is 1. The molecule has 0 unspecified atom stereocenters. The van der Waals surface area contributed by atoms with E-state index in [0.29, 0.717) is 23.7 Å². The highest BCUT2D eigenvalue weighted by molar-refractivity contribution is 6.30. The fourth-order valence-corrected chi connectivity index (χ4v) is 2.45. The monoisotopic (exact) mass is 361 g/mol. The van der Waals surface area contributed by atoms with E-state index in [1.54, 1.807) is 37.4 Å². The van der Waals surface area contributed by atoms with Crippen molar-refractivity contribution in [3.05, 3.63) is 64.7 Å². The first-order valence-electron chi connectivity index (χ1n) is 7.86. The van der Waals surface area contributed by atoms with E-state index in [1.165, 1.54) is 0 Å². The lowest BCUT2D eigenvalue weighted by molar-refractivity contribution is -0.147. The van der Waals surface area contributed by atoms with Crippen LogP contribution in [0.2, 0.25) is 5.02 Å². The van der Waals surface area contributed by atoms with Gasteiger partial charge in [0.05, 0.1) is 13.5 Å². The predicted octanol–water partition coefficient (Wildman–Crippen LogP) is 2.79. The number of rotatable bonds is 8. The molecular weight excluding hydrogens is 342 g/mol. The Morgan fingerprint density at radius 1 is 1.08 bits per heavy atom. The smallest absolute Gasteiger partial charge is 0.310 e. The summed E-state index contributed by atoms with van der Waals surface area (Å²) in [5.41, 5.74) is 1.80. The second-order valence-corrected chi connectivity index (χ2v) is 5.86. The van der Waals surface area contributed by atoms with Crippen LogP contribution in [-0.4, -0.2) is 32.1 Å². The molecule has 0 radical (unpaired) electrons. The van der Waals surface area contributed by atoms with Gasteiger partial charge in [0.15, 0.2) is 6.61 Å². The van der Waals surface area contributed by atoms with E-state index in [4.69, 9.17) is 21.1 Å². The number of carbonyl (C=O) groups is 2. The molecule has 0 aliphatic carbocycles. The van der Waals surface area contributed by atoms with E-state index in [2.05, 4.69) is 5.32 Å². The van der Waals surface area contributed by atoms with Gasteiger partial charge in [-0.25, -0.2) is 0 Å². The predicted molar refractivity (Wildman–Crippen MR) is 95.8 cm³/mol. The highest BCUT2D eigenvalue weighted by Crippen LogP contribution is 2.13. The maximum absolute atomic E-state index is 11.8. The Labute approximate surface area is 151 Å². The van der Waals surface area contributed by atoms with Crippen LogP contribution < -0.4 is 10.1 Å². The second kappa shape index (κ2) is 9.69. The highest BCUT2D eigenvalue weighted by atomic mass is 35.5. The third-order valence-electron chi connectivity index (χ3n) is 3.47. The first kappa shape index (κ1) is 18.8. The van der Waals surface area contributed by atoms with Crippen LogP contribution in [0, 0.1) is 0 Å². The molecule has 0 bridgehead atoms. The molecule has 0 spiro atoms. The average Bonchev–Trinajstić information content (AvgIpc) is 2.60. The van der Waals surface area contributed by atoms with Crippen molar-refractivity contribution >= 4 is 23.5 Å². The number of esters is 1. The van der Waals surface area contributed by atoms with Crippen molar-refractivity contribution < 1.29 is 19.1 Å². The van der Waals surface area contributed by atoms with Crippen LogP contribution in [0.1, 0.15) is 11.1 Å². The molecule has 0 fully saturated rings. The second-order valence-electron chi connectivity index (χ2n) is 5.42. The lowest BCUT2D eigenvalue weighted by atomic mass is 10.1. The number of nitrogens with one attached hydrogen (secondary N) is 1. The number of methoxy groups -OCH3 is 1. The van der Waals surface area contributed by atoms with E-state index >= 15 is 0 Å². The molecule has 5 nitrogen and oxygen atoms in total. The third-order valence-corrected chi connectivity index (χ3v) is 3.71. The molecule has 2 aromatic rings. The summed E-state index contributed by atoms with van der Waals surface area (Å²) in [6.07, 6.45) is 0.747. The lowest BCUT2D eigenvalue weighted by Crippen LogP contribution is -2.30. The van der Waals surface area contributed by atoms with E-state index in [1.807, 2.05) is 18.2 Å². The van der Waals surface area contributed by atoms with Crippen LogP contribution >= 0.6 is 11.6 Å². The topological polar surface area (TPSA) is 64.6 Å². The van der Waals surface area contributed by atoms with Gasteiger partial charge in [0.25, 0.3) is 5.91 Å². The van der Waals surface area contributed by atoms with Gasteiger partial charge in [0.2, 0.25) is 0 Å². The number of halogens is 1.